The van der Waals surface area contributed by atoms with E-state index >= 15 is 0 Å². The first-order valence-corrected chi connectivity index (χ1v) is 8.98. The van der Waals surface area contributed by atoms with Crippen molar-refractivity contribution in [2.24, 2.45) is 5.92 Å². The van der Waals surface area contributed by atoms with Crippen molar-refractivity contribution >= 4 is 9.84 Å². The number of nitrogens with one attached hydrogen (secondary N) is 1. The Balaban J connectivity index is 2.13. The van der Waals surface area contributed by atoms with E-state index in [0.717, 1.165) is 31.5 Å². The molecule has 3 nitrogen and oxygen atoms in total. The summed E-state index contributed by atoms with van der Waals surface area (Å²) in [4.78, 5) is 0.455. The van der Waals surface area contributed by atoms with Crippen molar-refractivity contribution in [3.8, 4) is 0 Å². The zero-order valence-corrected chi connectivity index (χ0v) is 13.5. The van der Waals surface area contributed by atoms with E-state index in [2.05, 4.69) is 26.1 Å². The second-order valence-electron chi connectivity index (χ2n) is 6.77. The quantitative estimate of drug-likeness (QED) is 0.932. The Kier molecular flexibility index (Phi) is 4.55. The Hall–Kier alpha value is -0.870. The molecule has 0 aliphatic carbocycles. The molecular weight excluding hydrogens is 270 g/mol. The van der Waals surface area contributed by atoms with Crippen LogP contribution in [0.3, 0.4) is 0 Å². The minimum absolute atomic E-state index is 0.0512. The van der Waals surface area contributed by atoms with E-state index in [4.69, 9.17) is 0 Å². The molecule has 1 N–H and O–H groups in total. The molecule has 1 aromatic carbocycles. The number of piperidine rings is 1. The maximum Gasteiger partial charge on any atom is 0.178 e. The van der Waals surface area contributed by atoms with Crippen LogP contribution < -0.4 is 5.32 Å². The molecule has 0 saturated carbocycles. The molecule has 4 heteroatoms. The van der Waals surface area contributed by atoms with Crippen molar-refractivity contribution in [1.29, 1.82) is 0 Å². The van der Waals surface area contributed by atoms with E-state index in [0.29, 0.717) is 4.90 Å². The first kappa shape index (κ1) is 15.5. The average molecular weight is 295 g/mol. The lowest BCUT2D eigenvalue weighted by Crippen LogP contribution is -2.33. The Bertz CT molecular complexity index is 535. The fourth-order valence-electron chi connectivity index (χ4n) is 2.64. The van der Waals surface area contributed by atoms with Gasteiger partial charge in [-0.25, -0.2) is 8.42 Å². The Morgan fingerprint density at radius 2 is 1.85 bits per heavy atom. The van der Waals surface area contributed by atoms with E-state index in [1.165, 1.54) is 0 Å². The van der Waals surface area contributed by atoms with Crippen LogP contribution >= 0.6 is 0 Å². The van der Waals surface area contributed by atoms with E-state index < -0.39 is 9.84 Å². The normalized spacial score (nSPS) is 20.9. The third-order valence-corrected chi connectivity index (χ3v) is 5.83. The Morgan fingerprint density at radius 1 is 1.20 bits per heavy atom. The summed E-state index contributed by atoms with van der Waals surface area (Å²) in [6.07, 6.45) is 2.08. The summed E-state index contributed by atoms with van der Waals surface area (Å²) in [6, 6.07) is 7.39. The van der Waals surface area contributed by atoms with E-state index in [1.807, 2.05) is 12.1 Å². The zero-order valence-electron chi connectivity index (χ0n) is 12.6. The second kappa shape index (κ2) is 5.86. The fraction of sp³-hybridized carbons (Fsp3) is 0.625. The van der Waals surface area contributed by atoms with Crippen LogP contribution in [-0.2, 0) is 15.3 Å². The van der Waals surface area contributed by atoms with Gasteiger partial charge in [0.1, 0.15) is 0 Å². The maximum atomic E-state index is 12.4. The number of hydrogen-bond donors (Lipinski definition) is 1. The summed E-state index contributed by atoms with van der Waals surface area (Å²) in [7, 11) is -3.16. The summed E-state index contributed by atoms with van der Waals surface area (Å²) in [5.41, 5.74) is 1.21. The van der Waals surface area contributed by atoms with Gasteiger partial charge in [0.15, 0.2) is 9.84 Å². The average Bonchev–Trinajstić information content (AvgIpc) is 2.38. The standard InChI is InChI=1S/C16H25NO2S/c1-16(2,3)14-6-8-15(9-7-14)20(18,19)12-13-5-4-10-17-11-13/h6-9,13,17H,4-5,10-12H2,1-3H3. The lowest BCUT2D eigenvalue weighted by Gasteiger charge is -2.23. The molecule has 1 unspecified atom stereocenters. The number of rotatable bonds is 3. The van der Waals surface area contributed by atoms with Gasteiger partial charge in [0.25, 0.3) is 0 Å². The van der Waals surface area contributed by atoms with E-state index in [1.54, 1.807) is 12.1 Å². The third-order valence-electron chi connectivity index (χ3n) is 3.93. The molecule has 20 heavy (non-hydrogen) atoms. The summed E-state index contributed by atoms with van der Waals surface area (Å²) < 4.78 is 24.9. The molecular formula is C16H25NO2S. The summed E-state index contributed by atoms with van der Waals surface area (Å²) in [5.74, 6) is 0.505. The minimum atomic E-state index is -3.16. The molecule has 1 fully saturated rings. The smallest absolute Gasteiger partial charge is 0.178 e. The highest BCUT2D eigenvalue weighted by atomic mass is 32.2. The van der Waals surface area contributed by atoms with Crippen molar-refractivity contribution in [3.05, 3.63) is 29.8 Å². The van der Waals surface area contributed by atoms with Crippen molar-refractivity contribution < 1.29 is 8.42 Å². The molecule has 0 aromatic heterocycles. The highest BCUT2D eigenvalue weighted by Crippen LogP contribution is 2.25. The van der Waals surface area contributed by atoms with Crippen molar-refractivity contribution in [2.45, 2.75) is 43.9 Å². The monoisotopic (exact) mass is 295 g/mol. The van der Waals surface area contributed by atoms with Crippen LogP contribution in [0.1, 0.15) is 39.2 Å². The van der Waals surface area contributed by atoms with Gasteiger partial charge in [-0.1, -0.05) is 32.9 Å². The van der Waals surface area contributed by atoms with Gasteiger partial charge >= 0.3 is 0 Å². The molecule has 1 aliphatic rings. The van der Waals surface area contributed by atoms with Crippen LogP contribution in [0.4, 0.5) is 0 Å². The molecule has 1 heterocycles. The van der Waals surface area contributed by atoms with Crippen molar-refractivity contribution in [2.75, 3.05) is 18.8 Å². The van der Waals surface area contributed by atoms with Crippen LogP contribution in [0.5, 0.6) is 0 Å². The van der Waals surface area contributed by atoms with Crippen LogP contribution in [0.2, 0.25) is 0 Å². The molecule has 0 bridgehead atoms. The lowest BCUT2D eigenvalue weighted by molar-refractivity contribution is 0.404. The topological polar surface area (TPSA) is 46.2 Å². The largest absolute Gasteiger partial charge is 0.316 e. The van der Waals surface area contributed by atoms with Gasteiger partial charge in [0.2, 0.25) is 0 Å². The van der Waals surface area contributed by atoms with Crippen LogP contribution in [0.25, 0.3) is 0 Å². The second-order valence-corrected chi connectivity index (χ2v) is 8.80. The predicted octanol–water partition coefficient (Wildman–Crippen LogP) is 2.76. The Morgan fingerprint density at radius 3 is 2.35 bits per heavy atom. The van der Waals surface area contributed by atoms with Gasteiger partial charge in [0, 0.05) is 0 Å². The number of sulfone groups is 1. The highest BCUT2D eigenvalue weighted by molar-refractivity contribution is 7.91. The minimum Gasteiger partial charge on any atom is -0.316 e. The van der Waals surface area contributed by atoms with Gasteiger partial charge in [0.05, 0.1) is 10.6 Å². The zero-order chi connectivity index (χ0) is 14.8. The third kappa shape index (κ3) is 3.83. The van der Waals surface area contributed by atoms with Gasteiger partial charge in [-0.2, -0.15) is 0 Å². The maximum absolute atomic E-state index is 12.4. The van der Waals surface area contributed by atoms with Gasteiger partial charge in [-0.3, -0.25) is 0 Å². The summed E-state index contributed by atoms with van der Waals surface area (Å²) in [6.45, 7) is 8.22. The SMILES string of the molecule is CC(C)(C)c1ccc(S(=O)(=O)CC2CCCNC2)cc1. The van der Waals surface area contributed by atoms with Crippen molar-refractivity contribution in [1.82, 2.24) is 5.32 Å². The van der Waals surface area contributed by atoms with Crippen molar-refractivity contribution in [3.63, 3.8) is 0 Å². The van der Waals surface area contributed by atoms with Gasteiger partial charge in [-0.15, -0.1) is 0 Å². The highest BCUT2D eigenvalue weighted by Gasteiger charge is 2.23. The molecule has 1 aliphatic heterocycles. The molecule has 1 aromatic rings. The van der Waals surface area contributed by atoms with Crippen LogP contribution in [0, 0.1) is 5.92 Å². The fourth-order valence-corrected chi connectivity index (χ4v) is 4.28. The molecule has 112 valence electrons. The molecule has 1 atom stereocenters. The molecule has 0 amide bonds. The number of benzene rings is 1. The van der Waals surface area contributed by atoms with Gasteiger partial charge < -0.3 is 5.32 Å². The predicted molar refractivity (Wildman–Crippen MR) is 82.8 cm³/mol. The number of hydrogen-bond acceptors (Lipinski definition) is 3. The molecule has 1 saturated heterocycles. The lowest BCUT2D eigenvalue weighted by atomic mass is 9.87. The first-order valence-electron chi connectivity index (χ1n) is 7.33. The summed E-state index contributed by atoms with van der Waals surface area (Å²) >= 11 is 0. The summed E-state index contributed by atoms with van der Waals surface area (Å²) in [5, 5.41) is 3.27. The van der Waals surface area contributed by atoms with Gasteiger partial charge in [-0.05, 0) is 55.0 Å². The first-order chi connectivity index (χ1) is 9.29. The van der Waals surface area contributed by atoms with Crippen LogP contribution in [0.15, 0.2) is 29.2 Å². The van der Waals surface area contributed by atoms with E-state index in [-0.39, 0.29) is 17.1 Å². The molecule has 0 spiro atoms. The Labute approximate surface area is 122 Å². The van der Waals surface area contributed by atoms with E-state index in [9.17, 15) is 8.42 Å². The molecule has 0 radical (unpaired) electrons. The van der Waals surface area contributed by atoms with Crippen LogP contribution in [-0.4, -0.2) is 27.3 Å². The molecule has 2 rings (SSSR count).